The standard InChI is InChI=1S/C14H18Cl2N2O/c1-8(10-4-5-11(15)12(16)6-10)18-14(19)7-13(17)9-2-3-9/h4-6,8-9,13H,2-3,7,17H2,1H3,(H,18,19). The summed E-state index contributed by atoms with van der Waals surface area (Å²) >= 11 is 11.8. The molecule has 1 aliphatic carbocycles. The van der Waals surface area contributed by atoms with Crippen LogP contribution in [0.4, 0.5) is 0 Å². The van der Waals surface area contributed by atoms with Crippen LogP contribution < -0.4 is 11.1 Å². The normalized spacial score (nSPS) is 17.9. The van der Waals surface area contributed by atoms with Crippen LogP contribution in [0.2, 0.25) is 10.0 Å². The molecule has 0 heterocycles. The number of carbonyl (C=O) groups excluding carboxylic acids is 1. The van der Waals surface area contributed by atoms with Crippen molar-refractivity contribution in [3.63, 3.8) is 0 Å². The number of carbonyl (C=O) groups is 1. The lowest BCUT2D eigenvalue weighted by Crippen LogP contribution is -2.34. The van der Waals surface area contributed by atoms with Gasteiger partial charge in [-0.25, -0.2) is 0 Å². The molecule has 2 atom stereocenters. The van der Waals surface area contributed by atoms with Gasteiger partial charge in [0.25, 0.3) is 0 Å². The predicted octanol–water partition coefficient (Wildman–Crippen LogP) is 3.30. The van der Waals surface area contributed by atoms with Crippen LogP contribution in [-0.4, -0.2) is 11.9 Å². The topological polar surface area (TPSA) is 55.1 Å². The second-order valence-electron chi connectivity index (χ2n) is 5.17. The molecule has 0 aliphatic heterocycles. The molecular formula is C14H18Cl2N2O. The largest absolute Gasteiger partial charge is 0.350 e. The first kappa shape index (κ1) is 14.6. The first-order chi connectivity index (χ1) is 8.97. The van der Waals surface area contributed by atoms with Gasteiger partial charge in [0.15, 0.2) is 0 Å². The molecular weight excluding hydrogens is 283 g/mol. The average molecular weight is 301 g/mol. The molecule has 19 heavy (non-hydrogen) atoms. The molecule has 0 bridgehead atoms. The van der Waals surface area contributed by atoms with Crippen LogP contribution in [0.1, 0.15) is 37.8 Å². The van der Waals surface area contributed by atoms with Gasteiger partial charge in [0.1, 0.15) is 0 Å². The van der Waals surface area contributed by atoms with Gasteiger partial charge in [0, 0.05) is 12.5 Å². The summed E-state index contributed by atoms with van der Waals surface area (Å²) in [5.41, 5.74) is 6.87. The Balaban J connectivity index is 1.90. The van der Waals surface area contributed by atoms with E-state index in [4.69, 9.17) is 28.9 Å². The van der Waals surface area contributed by atoms with Gasteiger partial charge < -0.3 is 11.1 Å². The Morgan fingerprint density at radius 3 is 2.68 bits per heavy atom. The summed E-state index contributed by atoms with van der Waals surface area (Å²) in [6.07, 6.45) is 2.68. The van der Waals surface area contributed by atoms with Crippen molar-refractivity contribution in [1.82, 2.24) is 5.32 Å². The summed E-state index contributed by atoms with van der Waals surface area (Å²) in [6, 6.07) is 5.25. The molecule has 0 spiro atoms. The summed E-state index contributed by atoms with van der Waals surface area (Å²) in [5.74, 6) is 0.518. The minimum atomic E-state index is -0.103. The maximum absolute atomic E-state index is 11.9. The number of benzene rings is 1. The van der Waals surface area contributed by atoms with Gasteiger partial charge in [-0.1, -0.05) is 29.3 Å². The van der Waals surface area contributed by atoms with E-state index in [0.29, 0.717) is 22.4 Å². The van der Waals surface area contributed by atoms with Crippen molar-refractivity contribution >= 4 is 29.1 Å². The van der Waals surface area contributed by atoms with Crippen molar-refractivity contribution < 1.29 is 4.79 Å². The quantitative estimate of drug-likeness (QED) is 0.876. The third-order valence-electron chi connectivity index (χ3n) is 3.47. The van der Waals surface area contributed by atoms with Gasteiger partial charge in [0.05, 0.1) is 16.1 Å². The highest BCUT2D eigenvalue weighted by molar-refractivity contribution is 6.42. The number of hydrogen-bond acceptors (Lipinski definition) is 2. The zero-order valence-corrected chi connectivity index (χ0v) is 12.3. The Kier molecular flexibility index (Phi) is 4.71. The van der Waals surface area contributed by atoms with Gasteiger partial charge in [-0.05, 0) is 43.4 Å². The minimum Gasteiger partial charge on any atom is -0.350 e. The molecule has 5 heteroatoms. The number of nitrogens with two attached hydrogens (primary N) is 1. The molecule has 1 fully saturated rings. The van der Waals surface area contributed by atoms with E-state index in [1.807, 2.05) is 13.0 Å². The molecule has 0 radical (unpaired) electrons. The van der Waals surface area contributed by atoms with Crippen molar-refractivity contribution in [3.8, 4) is 0 Å². The van der Waals surface area contributed by atoms with E-state index in [9.17, 15) is 4.79 Å². The van der Waals surface area contributed by atoms with E-state index in [2.05, 4.69) is 5.32 Å². The minimum absolute atomic E-state index is 0.0130. The molecule has 1 amide bonds. The Morgan fingerprint density at radius 1 is 1.42 bits per heavy atom. The Bertz CT molecular complexity index is 475. The summed E-state index contributed by atoms with van der Waals surface area (Å²) in [6.45, 7) is 1.92. The van der Waals surface area contributed by atoms with Crippen LogP contribution in [0, 0.1) is 5.92 Å². The second kappa shape index (κ2) is 6.12. The second-order valence-corrected chi connectivity index (χ2v) is 5.98. The zero-order valence-electron chi connectivity index (χ0n) is 10.8. The molecule has 3 nitrogen and oxygen atoms in total. The van der Waals surface area contributed by atoms with Crippen molar-refractivity contribution in [2.75, 3.05) is 0 Å². The van der Waals surface area contributed by atoms with Crippen molar-refractivity contribution in [1.29, 1.82) is 0 Å². The Hall–Kier alpha value is -0.770. The fraction of sp³-hybridized carbons (Fsp3) is 0.500. The molecule has 3 N–H and O–H groups in total. The van der Waals surface area contributed by atoms with Crippen LogP contribution in [0.25, 0.3) is 0 Å². The first-order valence-corrected chi connectivity index (χ1v) is 7.23. The van der Waals surface area contributed by atoms with E-state index in [1.165, 1.54) is 0 Å². The fourth-order valence-electron chi connectivity index (χ4n) is 2.07. The monoisotopic (exact) mass is 300 g/mol. The molecule has 1 aliphatic rings. The highest BCUT2D eigenvalue weighted by Crippen LogP contribution is 2.33. The molecule has 1 saturated carbocycles. The van der Waals surface area contributed by atoms with E-state index in [0.717, 1.165) is 18.4 Å². The molecule has 2 unspecified atom stereocenters. The van der Waals surface area contributed by atoms with Gasteiger partial charge in [-0.2, -0.15) is 0 Å². The number of halogens is 2. The molecule has 2 rings (SSSR count). The third kappa shape index (κ3) is 4.10. The van der Waals surface area contributed by atoms with Gasteiger partial charge in [0.2, 0.25) is 5.91 Å². The summed E-state index contributed by atoms with van der Waals surface area (Å²) in [4.78, 5) is 11.9. The highest BCUT2D eigenvalue weighted by atomic mass is 35.5. The summed E-state index contributed by atoms with van der Waals surface area (Å²) in [7, 11) is 0. The van der Waals surface area contributed by atoms with Gasteiger partial charge >= 0.3 is 0 Å². The summed E-state index contributed by atoms with van der Waals surface area (Å²) in [5, 5.41) is 3.94. The molecule has 1 aromatic carbocycles. The Morgan fingerprint density at radius 2 is 2.11 bits per heavy atom. The first-order valence-electron chi connectivity index (χ1n) is 6.47. The highest BCUT2D eigenvalue weighted by Gasteiger charge is 2.30. The van der Waals surface area contributed by atoms with Crippen LogP contribution in [0.3, 0.4) is 0 Å². The van der Waals surface area contributed by atoms with Gasteiger partial charge in [-0.3, -0.25) is 4.79 Å². The van der Waals surface area contributed by atoms with Crippen LogP contribution in [-0.2, 0) is 4.79 Å². The van der Waals surface area contributed by atoms with E-state index >= 15 is 0 Å². The lowest BCUT2D eigenvalue weighted by atomic mass is 10.1. The number of amides is 1. The smallest absolute Gasteiger partial charge is 0.222 e. The van der Waals surface area contributed by atoms with E-state index < -0.39 is 0 Å². The molecule has 0 saturated heterocycles. The van der Waals surface area contributed by atoms with Crippen molar-refractivity contribution in [3.05, 3.63) is 33.8 Å². The van der Waals surface area contributed by atoms with E-state index in [1.54, 1.807) is 12.1 Å². The van der Waals surface area contributed by atoms with Crippen LogP contribution in [0.15, 0.2) is 18.2 Å². The van der Waals surface area contributed by atoms with Crippen LogP contribution in [0.5, 0.6) is 0 Å². The van der Waals surface area contributed by atoms with Gasteiger partial charge in [-0.15, -0.1) is 0 Å². The predicted molar refractivity (Wildman–Crippen MR) is 78.3 cm³/mol. The molecule has 0 aromatic heterocycles. The van der Waals surface area contributed by atoms with Crippen LogP contribution >= 0.6 is 23.2 Å². The maximum atomic E-state index is 11.9. The lowest BCUT2D eigenvalue weighted by molar-refractivity contribution is -0.122. The number of rotatable bonds is 5. The molecule has 1 aromatic rings. The third-order valence-corrected chi connectivity index (χ3v) is 4.21. The zero-order chi connectivity index (χ0) is 14.0. The fourth-order valence-corrected chi connectivity index (χ4v) is 2.38. The SMILES string of the molecule is CC(NC(=O)CC(N)C1CC1)c1ccc(Cl)c(Cl)c1. The number of hydrogen-bond donors (Lipinski definition) is 2. The Labute approximate surface area is 123 Å². The lowest BCUT2D eigenvalue weighted by Gasteiger charge is -2.17. The molecule has 104 valence electrons. The van der Waals surface area contributed by atoms with Crippen molar-refractivity contribution in [2.45, 2.75) is 38.3 Å². The van der Waals surface area contributed by atoms with E-state index in [-0.39, 0.29) is 18.0 Å². The maximum Gasteiger partial charge on any atom is 0.222 e. The summed E-state index contributed by atoms with van der Waals surface area (Å²) < 4.78 is 0. The average Bonchev–Trinajstić information content (AvgIpc) is 3.16. The number of nitrogens with one attached hydrogen (secondary N) is 1. The van der Waals surface area contributed by atoms with Crippen molar-refractivity contribution in [2.24, 2.45) is 11.7 Å².